The summed E-state index contributed by atoms with van der Waals surface area (Å²) in [5.74, 6) is 0.0641. The van der Waals surface area contributed by atoms with Gasteiger partial charge in [0.05, 0.1) is 23.3 Å². The van der Waals surface area contributed by atoms with Crippen LogP contribution in [0.15, 0.2) is 9.95 Å². The van der Waals surface area contributed by atoms with Gasteiger partial charge in [-0.2, -0.15) is 0 Å². The zero-order valence-electron chi connectivity index (χ0n) is 15.9. The summed E-state index contributed by atoms with van der Waals surface area (Å²) in [6.07, 6.45) is 8.07. The van der Waals surface area contributed by atoms with Crippen LogP contribution in [0.4, 0.5) is 0 Å². The summed E-state index contributed by atoms with van der Waals surface area (Å²) in [7, 11) is 0. The van der Waals surface area contributed by atoms with Gasteiger partial charge in [0.1, 0.15) is 4.83 Å². The number of ether oxygens (including phenoxy) is 1. The highest BCUT2D eigenvalue weighted by Crippen LogP contribution is 2.36. The molecule has 1 aliphatic carbocycles. The molecule has 3 aliphatic rings. The first kappa shape index (κ1) is 18.6. The molecule has 28 heavy (non-hydrogen) atoms. The molecule has 0 saturated carbocycles. The third-order valence-corrected chi connectivity index (χ3v) is 8.37. The molecule has 0 aromatic carbocycles. The summed E-state index contributed by atoms with van der Waals surface area (Å²) in [5, 5.41) is 4.29. The van der Waals surface area contributed by atoms with Gasteiger partial charge in [-0.1, -0.05) is 18.2 Å². The lowest BCUT2D eigenvalue weighted by molar-refractivity contribution is -0.120. The van der Waals surface area contributed by atoms with Crippen LogP contribution in [0.1, 0.15) is 49.0 Å². The van der Waals surface area contributed by atoms with E-state index in [1.54, 1.807) is 15.9 Å². The van der Waals surface area contributed by atoms with Crippen molar-refractivity contribution in [3.05, 3.63) is 20.8 Å². The van der Waals surface area contributed by atoms with Gasteiger partial charge in [-0.3, -0.25) is 14.2 Å². The Morgan fingerprint density at radius 1 is 1.18 bits per heavy atom. The zero-order valence-corrected chi connectivity index (χ0v) is 17.5. The molecule has 2 aliphatic heterocycles. The predicted octanol–water partition coefficient (Wildman–Crippen LogP) is 2.89. The number of aryl methyl sites for hydroxylation is 2. The van der Waals surface area contributed by atoms with Gasteiger partial charge in [0.2, 0.25) is 5.91 Å². The molecule has 1 amide bonds. The number of carbonyl (C=O) groups excluding carboxylic acids is 1. The fourth-order valence-electron chi connectivity index (χ4n) is 4.45. The van der Waals surface area contributed by atoms with E-state index in [9.17, 15) is 9.59 Å². The summed E-state index contributed by atoms with van der Waals surface area (Å²) < 4.78 is 7.61. The molecule has 6 nitrogen and oxygen atoms in total. The second-order valence-electron chi connectivity index (χ2n) is 7.88. The van der Waals surface area contributed by atoms with Crippen LogP contribution in [-0.2, 0) is 28.9 Å². The third kappa shape index (κ3) is 3.39. The molecule has 2 saturated heterocycles. The van der Waals surface area contributed by atoms with Crippen molar-refractivity contribution >= 4 is 39.2 Å². The molecule has 8 heteroatoms. The van der Waals surface area contributed by atoms with Gasteiger partial charge >= 0.3 is 0 Å². The van der Waals surface area contributed by atoms with Crippen LogP contribution in [0.5, 0.6) is 0 Å². The molecule has 2 atom stereocenters. The van der Waals surface area contributed by atoms with Gasteiger partial charge in [-0.05, 0) is 50.5 Å². The molecule has 0 spiro atoms. The normalized spacial score (nSPS) is 25.1. The highest BCUT2D eigenvalue weighted by Gasteiger charge is 2.29. The Labute approximate surface area is 172 Å². The molecular weight excluding hydrogens is 394 g/mol. The van der Waals surface area contributed by atoms with Crippen molar-refractivity contribution in [1.82, 2.24) is 14.9 Å². The summed E-state index contributed by atoms with van der Waals surface area (Å²) >= 11 is 3.12. The minimum atomic E-state index is -0.186. The van der Waals surface area contributed by atoms with Gasteiger partial charge in [-0.25, -0.2) is 4.98 Å². The van der Waals surface area contributed by atoms with Crippen molar-refractivity contribution in [2.75, 3.05) is 13.2 Å². The number of nitrogens with one attached hydrogen (secondary N) is 1. The van der Waals surface area contributed by atoms with Crippen LogP contribution in [-0.4, -0.2) is 40.0 Å². The number of aromatic nitrogens is 2. The molecule has 2 aromatic heterocycles. The average Bonchev–Trinajstić information content (AvgIpc) is 3.37. The number of hydrogen-bond acceptors (Lipinski definition) is 6. The van der Waals surface area contributed by atoms with E-state index in [2.05, 4.69) is 5.32 Å². The van der Waals surface area contributed by atoms with Crippen LogP contribution in [0.25, 0.3) is 10.2 Å². The fourth-order valence-corrected chi connectivity index (χ4v) is 6.92. The number of thiophene rings is 1. The number of carbonyl (C=O) groups is 1. The quantitative estimate of drug-likeness (QED) is 0.772. The van der Waals surface area contributed by atoms with Crippen molar-refractivity contribution < 1.29 is 9.53 Å². The van der Waals surface area contributed by atoms with Crippen LogP contribution in [0.2, 0.25) is 0 Å². The van der Waals surface area contributed by atoms with Crippen molar-refractivity contribution in [1.29, 1.82) is 0 Å². The Balaban J connectivity index is 1.57. The Hall–Kier alpha value is -1.38. The van der Waals surface area contributed by atoms with E-state index in [0.29, 0.717) is 11.7 Å². The number of hydrogen-bond donors (Lipinski definition) is 1. The summed E-state index contributed by atoms with van der Waals surface area (Å²) in [6.45, 7) is 2.03. The maximum atomic E-state index is 13.5. The third-order valence-electron chi connectivity index (χ3n) is 5.93. The van der Waals surface area contributed by atoms with E-state index >= 15 is 0 Å². The maximum absolute atomic E-state index is 13.5. The molecule has 0 radical (unpaired) electrons. The Bertz CT molecular complexity index is 962. The van der Waals surface area contributed by atoms with Crippen LogP contribution in [0, 0.1) is 0 Å². The van der Waals surface area contributed by atoms with Crippen molar-refractivity contribution in [2.45, 2.75) is 74.4 Å². The molecule has 0 bridgehead atoms. The molecule has 150 valence electrons. The minimum Gasteiger partial charge on any atom is -0.376 e. The molecule has 2 aromatic rings. The van der Waals surface area contributed by atoms with Crippen LogP contribution >= 0.6 is 23.1 Å². The van der Waals surface area contributed by atoms with Gasteiger partial charge in [0.25, 0.3) is 5.56 Å². The standard InChI is InChI=1S/C20H25N3O3S2/c24-17-15(7-1-2-9-21-17)28-20-22-18-16(13-6-3-8-14(13)27-18)19(25)23(20)11-12-5-4-10-26-12/h12,15H,1-11H2,(H,21,24)/t12-,15+/m0/s1. The number of nitrogens with zero attached hydrogens (tertiary/aromatic N) is 2. The van der Waals surface area contributed by atoms with Crippen LogP contribution in [0.3, 0.4) is 0 Å². The number of rotatable bonds is 4. The van der Waals surface area contributed by atoms with E-state index in [1.807, 2.05) is 0 Å². The van der Waals surface area contributed by atoms with Gasteiger partial charge < -0.3 is 10.1 Å². The molecule has 1 N–H and O–H groups in total. The smallest absolute Gasteiger partial charge is 0.263 e. The predicted molar refractivity (Wildman–Crippen MR) is 111 cm³/mol. The fraction of sp³-hybridized carbons (Fsp3) is 0.650. The van der Waals surface area contributed by atoms with E-state index in [0.717, 1.165) is 74.7 Å². The van der Waals surface area contributed by atoms with E-state index in [1.165, 1.54) is 22.2 Å². The second kappa shape index (κ2) is 7.80. The largest absolute Gasteiger partial charge is 0.376 e. The topological polar surface area (TPSA) is 73.2 Å². The Morgan fingerprint density at radius 2 is 2.11 bits per heavy atom. The Morgan fingerprint density at radius 3 is 2.96 bits per heavy atom. The number of thioether (sulfide) groups is 1. The molecule has 4 heterocycles. The first-order chi connectivity index (χ1) is 13.7. The zero-order chi connectivity index (χ0) is 19.1. The van der Waals surface area contributed by atoms with E-state index in [-0.39, 0.29) is 22.8 Å². The SMILES string of the molecule is O=C1NCCCC[C@H]1Sc1nc2sc3c(c2c(=O)n1C[C@@H]1CCCO1)CCC3. The van der Waals surface area contributed by atoms with Crippen molar-refractivity contribution in [2.24, 2.45) is 0 Å². The minimum absolute atomic E-state index is 0.0523. The van der Waals surface area contributed by atoms with Gasteiger partial charge in [-0.15, -0.1) is 11.3 Å². The van der Waals surface area contributed by atoms with Gasteiger partial charge in [0.15, 0.2) is 5.16 Å². The average molecular weight is 420 g/mol. The van der Waals surface area contributed by atoms with Crippen molar-refractivity contribution in [3.8, 4) is 0 Å². The van der Waals surface area contributed by atoms with Crippen LogP contribution < -0.4 is 10.9 Å². The second-order valence-corrected chi connectivity index (χ2v) is 10.1. The van der Waals surface area contributed by atoms with Gasteiger partial charge in [0, 0.05) is 18.0 Å². The number of fused-ring (bicyclic) bond motifs is 3. The molecular formula is C20H25N3O3S2. The summed E-state index contributed by atoms with van der Waals surface area (Å²) in [4.78, 5) is 33.0. The van der Waals surface area contributed by atoms with Crippen molar-refractivity contribution in [3.63, 3.8) is 0 Å². The van der Waals surface area contributed by atoms with E-state index < -0.39 is 0 Å². The molecule has 0 unspecified atom stereocenters. The lowest BCUT2D eigenvalue weighted by atomic mass is 10.2. The highest BCUT2D eigenvalue weighted by atomic mass is 32.2. The Kier molecular flexibility index (Phi) is 5.19. The highest BCUT2D eigenvalue weighted by molar-refractivity contribution is 8.00. The molecule has 2 fully saturated rings. The van der Waals surface area contributed by atoms with E-state index in [4.69, 9.17) is 9.72 Å². The summed E-state index contributed by atoms with van der Waals surface area (Å²) in [5.41, 5.74) is 1.26. The molecule has 5 rings (SSSR count). The lowest BCUT2D eigenvalue weighted by Gasteiger charge is -2.18. The first-order valence-electron chi connectivity index (χ1n) is 10.3. The number of amides is 1. The first-order valence-corrected chi connectivity index (χ1v) is 12.0. The monoisotopic (exact) mass is 419 g/mol. The lowest BCUT2D eigenvalue weighted by Crippen LogP contribution is -2.33. The summed E-state index contributed by atoms with van der Waals surface area (Å²) in [6, 6.07) is 0. The maximum Gasteiger partial charge on any atom is 0.263 e.